The van der Waals surface area contributed by atoms with E-state index >= 15 is 0 Å². The van der Waals surface area contributed by atoms with Crippen molar-refractivity contribution < 1.29 is 23.1 Å². The highest BCUT2D eigenvalue weighted by Gasteiger charge is 2.30. The molecule has 0 saturated carbocycles. The summed E-state index contributed by atoms with van der Waals surface area (Å²) in [4.78, 5) is 10.9. The Morgan fingerprint density at radius 3 is 2.62 bits per heavy atom. The highest BCUT2D eigenvalue weighted by atomic mass is 35.5. The third-order valence-electron chi connectivity index (χ3n) is 3.07. The van der Waals surface area contributed by atoms with Gasteiger partial charge in [-0.3, -0.25) is 0 Å². The van der Waals surface area contributed by atoms with Crippen molar-refractivity contribution in [3.8, 4) is 0 Å². The molecule has 0 spiro atoms. The van der Waals surface area contributed by atoms with E-state index < -0.39 is 21.6 Å². The number of halogens is 2. The second-order valence-corrected chi connectivity index (χ2v) is 7.10. The Balaban J connectivity index is 2.49. The van der Waals surface area contributed by atoms with E-state index in [9.17, 15) is 13.2 Å². The summed E-state index contributed by atoms with van der Waals surface area (Å²) in [5.41, 5.74) is -0.412. The van der Waals surface area contributed by atoms with Gasteiger partial charge in [0.05, 0.1) is 22.2 Å². The van der Waals surface area contributed by atoms with E-state index in [0.717, 1.165) is 0 Å². The number of hydrogen-bond donors (Lipinski definition) is 1. The second-order valence-electron chi connectivity index (χ2n) is 4.41. The molecule has 0 unspecified atom stereocenters. The average molecular weight is 354 g/mol. The number of ether oxygens (including phenoxy) is 1. The molecule has 0 aliphatic carbocycles. The molecular weight excluding hydrogens is 341 g/mol. The summed E-state index contributed by atoms with van der Waals surface area (Å²) in [6.45, 7) is 1.27. The summed E-state index contributed by atoms with van der Waals surface area (Å²) in [5.74, 6) is -1.37. The third-order valence-corrected chi connectivity index (χ3v) is 5.83. The Morgan fingerprint density at radius 2 is 1.95 bits per heavy atom. The number of benzene rings is 1. The molecule has 1 fully saturated rings. The first kappa shape index (κ1) is 16.5. The van der Waals surface area contributed by atoms with Crippen molar-refractivity contribution in [2.45, 2.75) is 11.3 Å². The number of aromatic carboxylic acids is 1. The lowest BCUT2D eigenvalue weighted by atomic mass is 10.2. The maximum atomic E-state index is 12.6. The molecule has 1 aromatic carbocycles. The summed E-state index contributed by atoms with van der Waals surface area (Å²) < 4.78 is 31.6. The first-order valence-electron chi connectivity index (χ1n) is 6.15. The van der Waals surface area contributed by atoms with Crippen molar-refractivity contribution in [1.82, 2.24) is 4.31 Å². The van der Waals surface area contributed by atoms with Crippen LogP contribution in [0.1, 0.15) is 16.8 Å². The van der Waals surface area contributed by atoms with Gasteiger partial charge in [0.1, 0.15) is 4.90 Å². The van der Waals surface area contributed by atoms with E-state index in [4.69, 9.17) is 33.0 Å². The van der Waals surface area contributed by atoms with Gasteiger partial charge < -0.3 is 9.84 Å². The SMILES string of the molecule is O=C(O)c1c(Cl)ccc(S(=O)(=O)N2CCCOCC2)c1Cl. The number of carbonyl (C=O) groups is 1. The molecule has 1 saturated heterocycles. The zero-order valence-corrected chi connectivity index (χ0v) is 13.2. The highest BCUT2D eigenvalue weighted by molar-refractivity contribution is 7.89. The molecular formula is C12H13Cl2NO5S. The quantitative estimate of drug-likeness (QED) is 0.899. The molecule has 0 radical (unpaired) electrons. The number of nitrogens with zero attached hydrogens (tertiary/aromatic N) is 1. The van der Waals surface area contributed by atoms with Crippen molar-refractivity contribution in [1.29, 1.82) is 0 Å². The smallest absolute Gasteiger partial charge is 0.338 e. The standard InChI is InChI=1S/C12H13Cl2NO5S/c13-8-2-3-9(11(14)10(8)12(16)17)21(18,19)15-4-1-6-20-7-5-15/h2-3H,1,4-7H2,(H,16,17). The normalized spacial score (nSPS) is 17.4. The van der Waals surface area contributed by atoms with Crippen LogP contribution in [0.25, 0.3) is 0 Å². The Morgan fingerprint density at radius 1 is 1.24 bits per heavy atom. The van der Waals surface area contributed by atoms with Gasteiger partial charge in [-0.1, -0.05) is 23.2 Å². The molecule has 0 amide bonds. The second kappa shape index (κ2) is 6.50. The molecule has 0 atom stereocenters. The lowest BCUT2D eigenvalue weighted by Crippen LogP contribution is -2.33. The van der Waals surface area contributed by atoms with Gasteiger partial charge in [0.15, 0.2) is 0 Å². The minimum atomic E-state index is -3.89. The summed E-state index contributed by atoms with van der Waals surface area (Å²) in [7, 11) is -3.89. The Bertz CT molecular complexity index is 654. The van der Waals surface area contributed by atoms with Crippen molar-refractivity contribution in [2.75, 3.05) is 26.3 Å². The van der Waals surface area contributed by atoms with Gasteiger partial charge in [-0.15, -0.1) is 0 Å². The number of carboxylic acid groups (broad SMARTS) is 1. The van der Waals surface area contributed by atoms with Crippen molar-refractivity contribution in [3.63, 3.8) is 0 Å². The molecule has 9 heteroatoms. The van der Waals surface area contributed by atoms with Crippen LogP contribution >= 0.6 is 23.2 Å². The maximum absolute atomic E-state index is 12.6. The molecule has 21 heavy (non-hydrogen) atoms. The fourth-order valence-electron chi connectivity index (χ4n) is 2.03. The summed E-state index contributed by atoms with van der Waals surface area (Å²) >= 11 is 11.7. The Hall–Kier alpha value is -0.860. The lowest BCUT2D eigenvalue weighted by Gasteiger charge is -2.20. The van der Waals surface area contributed by atoms with Gasteiger partial charge in [0.25, 0.3) is 0 Å². The summed E-state index contributed by atoms with van der Waals surface area (Å²) in [6.07, 6.45) is 0.566. The minimum Gasteiger partial charge on any atom is -0.478 e. The van der Waals surface area contributed by atoms with E-state index in [1.54, 1.807) is 0 Å². The summed E-state index contributed by atoms with van der Waals surface area (Å²) in [6, 6.07) is 2.44. The lowest BCUT2D eigenvalue weighted by molar-refractivity contribution is 0.0697. The van der Waals surface area contributed by atoms with Crippen LogP contribution in [0.4, 0.5) is 0 Å². The van der Waals surface area contributed by atoms with Crippen LogP contribution < -0.4 is 0 Å². The van der Waals surface area contributed by atoms with E-state index in [1.807, 2.05) is 0 Å². The van der Waals surface area contributed by atoms with Gasteiger partial charge in [0.2, 0.25) is 10.0 Å². The topological polar surface area (TPSA) is 83.9 Å². The van der Waals surface area contributed by atoms with E-state index in [-0.39, 0.29) is 28.1 Å². The zero-order valence-electron chi connectivity index (χ0n) is 10.9. The van der Waals surface area contributed by atoms with Crippen LogP contribution in [0.3, 0.4) is 0 Å². The van der Waals surface area contributed by atoms with E-state index in [0.29, 0.717) is 19.6 Å². The van der Waals surface area contributed by atoms with Crippen LogP contribution in [0, 0.1) is 0 Å². The fraction of sp³-hybridized carbons (Fsp3) is 0.417. The number of sulfonamides is 1. The predicted molar refractivity (Wildman–Crippen MR) is 77.6 cm³/mol. The van der Waals surface area contributed by atoms with Crippen LogP contribution in [0.15, 0.2) is 17.0 Å². The predicted octanol–water partition coefficient (Wildman–Crippen LogP) is 2.10. The van der Waals surface area contributed by atoms with Gasteiger partial charge in [-0.05, 0) is 18.6 Å². The molecule has 6 nitrogen and oxygen atoms in total. The average Bonchev–Trinajstić information content (AvgIpc) is 2.67. The molecule has 1 aromatic rings. The van der Waals surface area contributed by atoms with Crippen LogP contribution in [0.2, 0.25) is 10.0 Å². The number of carboxylic acids is 1. The van der Waals surface area contributed by atoms with E-state index in [2.05, 4.69) is 0 Å². The van der Waals surface area contributed by atoms with Crippen molar-refractivity contribution in [2.24, 2.45) is 0 Å². The Kier molecular flexibility index (Phi) is 5.11. The molecule has 1 heterocycles. The van der Waals surface area contributed by atoms with E-state index in [1.165, 1.54) is 16.4 Å². The molecule has 116 valence electrons. The number of rotatable bonds is 3. The highest BCUT2D eigenvalue weighted by Crippen LogP contribution is 2.32. The maximum Gasteiger partial charge on any atom is 0.338 e. The van der Waals surface area contributed by atoms with Gasteiger partial charge in [-0.2, -0.15) is 4.31 Å². The Labute approximate surface area is 132 Å². The summed E-state index contributed by atoms with van der Waals surface area (Å²) in [5, 5.41) is 8.61. The van der Waals surface area contributed by atoms with Gasteiger partial charge in [-0.25, -0.2) is 13.2 Å². The van der Waals surface area contributed by atoms with Crippen LogP contribution in [-0.4, -0.2) is 50.1 Å². The molecule has 1 aliphatic rings. The number of hydrogen-bond acceptors (Lipinski definition) is 4. The molecule has 2 rings (SSSR count). The fourth-order valence-corrected chi connectivity index (χ4v) is 4.39. The first-order chi connectivity index (χ1) is 9.85. The first-order valence-corrected chi connectivity index (χ1v) is 8.34. The van der Waals surface area contributed by atoms with Crippen molar-refractivity contribution in [3.05, 3.63) is 27.7 Å². The van der Waals surface area contributed by atoms with Gasteiger partial charge >= 0.3 is 5.97 Å². The van der Waals surface area contributed by atoms with Crippen molar-refractivity contribution >= 4 is 39.2 Å². The van der Waals surface area contributed by atoms with Crippen LogP contribution in [-0.2, 0) is 14.8 Å². The molecule has 0 aromatic heterocycles. The van der Waals surface area contributed by atoms with Gasteiger partial charge in [0, 0.05) is 19.7 Å². The zero-order chi connectivity index (χ0) is 15.6. The minimum absolute atomic E-state index is 0.106. The monoisotopic (exact) mass is 353 g/mol. The molecule has 1 aliphatic heterocycles. The largest absolute Gasteiger partial charge is 0.478 e. The molecule has 0 bridgehead atoms. The molecule has 1 N–H and O–H groups in total. The third kappa shape index (κ3) is 3.32. The van der Waals surface area contributed by atoms with Crippen LogP contribution in [0.5, 0.6) is 0 Å².